The smallest absolute Gasteiger partial charge is 0.170 e. The van der Waals surface area contributed by atoms with Crippen LogP contribution >= 0.6 is 12.2 Å². The van der Waals surface area contributed by atoms with Crippen molar-refractivity contribution in [2.45, 2.75) is 33.1 Å². The molecule has 0 aliphatic heterocycles. The van der Waals surface area contributed by atoms with Crippen molar-refractivity contribution < 1.29 is 4.74 Å². The van der Waals surface area contributed by atoms with Gasteiger partial charge in [-0.15, -0.1) is 0 Å². The van der Waals surface area contributed by atoms with Crippen molar-refractivity contribution in [1.29, 1.82) is 0 Å². The second kappa shape index (κ2) is 9.37. The molecule has 1 aromatic rings. The highest BCUT2D eigenvalue weighted by Gasteiger charge is 2.07. The molecule has 0 spiro atoms. The predicted octanol–water partition coefficient (Wildman–Crippen LogP) is 3.65. The number of hydrogen-bond acceptors (Lipinski definition) is 2. The molecule has 2 N–H and O–H groups in total. The topological polar surface area (TPSA) is 33.3 Å². The molecule has 1 aromatic carbocycles. The van der Waals surface area contributed by atoms with Gasteiger partial charge in [-0.05, 0) is 42.6 Å². The Kier molecular flexibility index (Phi) is 7.73. The Bertz CT molecular complexity index is 424. The van der Waals surface area contributed by atoms with Crippen molar-refractivity contribution in [2.24, 2.45) is 0 Å². The van der Waals surface area contributed by atoms with Crippen LogP contribution in [0, 0.1) is 0 Å². The fourth-order valence-corrected chi connectivity index (χ4v) is 2.21. The van der Waals surface area contributed by atoms with E-state index in [-0.39, 0.29) is 0 Å². The van der Waals surface area contributed by atoms with E-state index in [0.717, 1.165) is 31.5 Å². The lowest BCUT2D eigenvalue weighted by Gasteiger charge is -2.16. The monoisotopic (exact) mass is 292 g/mol. The van der Waals surface area contributed by atoms with Crippen molar-refractivity contribution in [2.75, 3.05) is 18.5 Å². The third-order valence-electron chi connectivity index (χ3n) is 3.08. The number of para-hydroxylation sites is 1. The van der Waals surface area contributed by atoms with Crippen LogP contribution in [0.3, 0.4) is 0 Å². The van der Waals surface area contributed by atoms with E-state index < -0.39 is 0 Å². The average Bonchev–Trinajstić information content (AvgIpc) is 2.47. The molecule has 3 nitrogen and oxygen atoms in total. The molecule has 0 aliphatic carbocycles. The van der Waals surface area contributed by atoms with E-state index in [9.17, 15) is 0 Å². The highest BCUT2D eigenvalue weighted by atomic mass is 32.1. The maximum absolute atomic E-state index is 5.35. The van der Waals surface area contributed by atoms with Crippen LogP contribution in [-0.4, -0.2) is 18.3 Å². The van der Waals surface area contributed by atoms with E-state index in [2.05, 4.69) is 49.3 Å². The number of nitrogens with one attached hydrogen (secondary N) is 2. The van der Waals surface area contributed by atoms with Crippen molar-refractivity contribution in [1.82, 2.24) is 5.32 Å². The summed E-state index contributed by atoms with van der Waals surface area (Å²) in [7, 11) is 0. The van der Waals surface area contributed by atoms with Gasteiger partial charge in [-0.3, -0.25) is 0 Å². The number of aryl methyl sites for hydroxylation is 2. The summed E-state index contributed by atoms with van der Waals surface area (Å²) < 4.78 is 5.07. The molecule has 1 rings (SSSR count). The van der Waals surface area contributed by atoms with Crippen molar-refractivity contribution >= 4 is 23.0 Å². The number of anilines is 1. The van der Waals surface area contributed by atoms with Crippen LogP contribution in [0.15, 0.2) is 31.0 Å². The van der Waals surface area contributed by atoms with Gasteiger partial charge in [-0.25, -0.2) is 0 Å². The van der Waals surface area contributed by atoms with E-state index in [4.69, 9.17) is 17.0 Å². The maximum atomic E-state index is 5.35. The summed E-state index contributed by atoms with van der Waals surface area (Å²) in [5.74, 6) is 0. The SMILES string of the molecule is C=COCCCNC(=S)Nc1c(CC)cccc1CC. The molecule has 20 heavy (non-hydrogen) atoms. The first kappa shape index (κ1) is 16.5. The minimum atomic E-state index is 0.658. The first-order chi connectivity index (χ1) is 9.72. The first-order valence-corrected chi connectivity index (χ1v) is 7.51. The summed E-state index contributed by atoms with van der Waals surface area (Å²) in [4.78, 5) is 0. The predicted molar refractivity (Wildman–Crippen MR) is 90.2 cm³/mol. The Morgan fingerprint density at radius 1 is 1.30 bits per heavy atom. The molecule has 0 aliphatic rings. The molecule has 0 bridgehead atoms. The second-order valence-corrected chi connectivity index (χ2v) is 4.84. The highest BCUT2D eigenvalue weighted by molar-refractivity contribution is 7.80. The molecule has 0 aromatic heterocycles. The van der Waals surface area contributed by atoms with Crippen LogP contribution in [0.5, 0.6) is 0 Å². The van der Waals surface area contributed by atoms with Gasteiger partial charge in [0.25, 0.3) is 0 Å². The number of benzene rings is 1. The number of ether oxygens (including phenoxy) is 1. The van der Waals surface area contributed by atoms with Gasteiger partial charge in [0, 0.05) is 12.2 Å². The molecule has 0 unspecified atom stereocenters. The van der Waals surface area contributed by atoms with E-state index in [1.165, 1.54) is 17.4 Å². The Morgan fingerprint density at radius 2 is 1.95 bits per heavy atom. The van der Waals surface area contributed by atoms with Crippen LogP contribution < -0.4 is 10.6 Å². The third-order valence-corrected chi connectivity index (χ3v) is 3.33. The fourth-order valence-electron chi connectivity index (χ4n) is 2.00. The fraction of sp³-hybridized carbons (Fsp3) is 0.438. The third kappa shape index (κ3) is 5.21. The molecule has 0 atom stereocenters. The summed E-state index contributed by atoms with van der Waals surface area (Å²) in [6.45, 7) is 9.26. The molecular weight excluding hydrogens is 268 g/mol. The van der Waals surface area contributed by atoms with Crippen molar-refractivity contribution in [3.05, 3.63) is 42.2 Å². The first-order valence-electron chi connectivity index (χ1n) is 7.11. The lowest BCUT2D eigenvalue weighted by molar-refractivity contribution is 0.247. The van der Waals surface area contributed by atoms with Gasteiger partial charge in [-0.1, -0.05) is 38.6 Å². The van der Waals surface area contributed by atoms with Gasteiger partial charge in [0.05, 0.1) is 12.9 Å². The molecule has 4 heteroatoms. The van der Waals surface area contributed by atoms with Gasteiger partial charge in [0.1, 0.15) is 0 Å². The van der Waals surface area contributed by atoms with E-state index in [1.807, 2.05) is 0 Å². The quantitative estimate of drug-likeness (QED) is 0.435. The van der Waals surface area contributed by atoms with Crippen molar-refractivity contribution in [3.8, 4) is 0 Å². The Hall–Kier alpha value is -1.55. The van der Waals surface area contributed by atoms with Crippen LogP contribution in [0.1, 0.15) is 31.4 Å². The zero-order chi connectivity index (χ0) is 14.8. The molecule has 0 amide bonds. The van der Waals surface area contributed by atoms with Gasteiger partial charge in [0.15, 0.2) is 5.11 Å². The standard InChI is InChI=1S/C16H24N2OS/c1-4-13-9-7-10-14(5-2)15(13)18-16(20)17-11-8-12-19-6-3/h6-7,9-10H,3-5,8,11-12H2,1-2H3,(H2,17,18,20). The lowest BCUT2D eigenvalue weighted by Crippen LogP contribution is -2.30. The lowest BCUT2D eigenvalue weighted by atomic mass is 10.0. The normalized spacial score (nSPS) is 9.90. The Labute approximate surface area is 127 Å². The zero-order valence-corrected chi connectivity index (χ0v) is 13.2. The molecule has 0 saturated carbocycles. The van der Waals surface area contributed by atoms with E-state index in [0.29, 0.717) is 11.7 Å². The largest absolute Gasteiger partial charge is 0.502 e. The number of hydrogen-bond donors (Lipinski definition) is 2. The van der Waals surface area contributed by atoms with Gasteiger partial charge < -0.3 is 15.4 Å². The minimum absolute atomic E-state index is 0.658. The average molecular weight is 292 g/mol. The Balaban J connectivity index is 2.54. The highest BCUT2D eigenvalue weighted by Crippen LogP contribution is 2.22. The van der Waals surface area contributed by atoms with Crippen molar-refractivity contribution in [3.63, 3.8) is 0 Å². The summed E-state index contributed by atoms with van der Waals surface area (Å²) >= 11 is 5.35. The molecule has 0 radical (unpaired) electrons. The molecule has 110 valence electrons. The minimum Gasteiger partial charge on any atom is -0.502 e. The van der Waals surface area contributed by atoms with Gasteiger partial charge >= 0.3 is 0 Å². The summed E-state index contributed by atoms with van der Waals surface area (Å²) in [6, 6.07) is 6.38. The van der Waals surface area contributed by atoms with E-state index >= 15 is 0 Å². The number of thiocarbonyl (C=S) groups is 1. The summed E-state index contributed by atoms with van der Waals surface area (Å²) in [5, 5.41) is 7.20. The molecule has 0 fully saturated rings. The number of rotatable bonds is 8. The second-order valence-electron chi connectivity index (χ2n) is 4.43. The maximum Gasteiger partial charge on any atom is 0.170 e. The zero-order valence-electron chi connectivity index (χ0n) is 12.4. The Morgan fingerprint density at radius 3 is 2.50 bits per heavy atom. The molecule has 0 saturated heterocycles. The van der Waals surface area contributed by atoms with Crippen LogP contribution in [0.4, 0.5) is 5.69 Å². The molecular formula is C16H24N2OS. The van der Waals surface area contributed by atoms with Gasteiger partial charge in [-0.2, -0.15) is 0 Å². The van der Waals surface area contributed by atoms with Crippen LogP contribution in [-0.2, 0) is 17.6 Å². The van der Waals surface area contributed by atoms with Gasteiger partial charge in [0.2, 0.25) is 0 Å². The van der Waals surface area contributed by atoms with Crippen LogP contribution in [0.25, 0.3) is 0 Å². The molecule has 0 heterocycles. The summed E-state index contributed by atoms with van der Waals surface area (Å²) in [6.07, 6.45) is 4.34. The van der Waals surface area contributed by atoms with E-state index in [1.54, 1.807) is 0 Å². The summed E-state index contributed by atoms with van der Waals surface area (Å²) in [5.41, 5.74) is 3.74. The van der Waals surface area contributed by atoms with Crippen LogP contribution in [0.2, 0.25) is 0 Å².